The number of hydrogen-bond donors (Lipinski definition) is 1. The fourth-order valence-electron chi connectivity index (χ4n) is 0.930. The van der Waals surface area contributed by atoms with Crippen LogP contribution in [-0.2, 0) is 5.60 Å². The van der Waals surface area contributed by atoms with Crippen LogP contribution in [-0.4, -0.2) is 5.11 Å². The van der Waals surface area contributed by atoms with Crippen molar-refractivity contribution in [3.63, 3.8) is 0 Å². The van der Waals surface area contributed by atoms with Crippen molar-refractivity contribution in [2.75, 3.05) is 0 Å². The Labute approximate surface area is 88.0 Å². The number of aromatic nitrogens is 1. The maximum Gasteiger partial charge on any atom is 0.223 e. The molecule has 0 aliphatic carbocycles. The average molecular weight is 224 g/mol. The fourth-order valence-corrected chi connectivity index (χ4v) is 1.08. The zero-order valence-electron chi connectivity index (χ0n) is 7.32. The third-order valence-electron chi connectivity index (χ3n) is 1.51. The van der Waals surface area contributed by atoms with E-state index in [0.29, 0.717) is 9.75 Å². The van der Waals surface area contributed by atoms with Crippen LogP contribution in [0.5, 0.6) is 0 Å². The second kappa shape index (κ2) is 4.13. The van der Waals surface area contributed by atoms with E-state index in [1.807, 2.05) is 0 Å². The Morgan fingerprint density at radius 1 is 1.46 bits per heavy atom. The number of rotatable bonds is 1. The Balaban J connectivity index is 0.00000144. The molecule has 1 rings (SSSR count). The molecule has 0 spiro atoms. The number of aliphatic hydroxyl groups is 1. The number of halogens is 2. The molecule has 0 saturated heterocycles. The largest absolute Gasteiger partial charge is 0.618 e. The second-order valence-electron chi connectivity index (χ2n) is 3.12. The molecule has 13 heavy (non-hydrogen) atoms. The van der Waals surface area contributed by atoms with Crippen LogP contribution < -0.4 is 4.73 Å². The summed E-state index contributed by atoms with van der Waals surface area (Å²) in [6.45, 7) is 3.09. The van der Waals surface area contributed by atoms with Crippen molar-refractivity contribution in [3.8, 4) is 0 Å². The first-order valence-electron chi connectivity index (χ1n) is 3.53. The predicted molar refractivity (Wildman–Crippen MR) is 52.9 cm³/mol. The molecule has 74 valence electrons. The van der Waals surface area contributed by atoms with Gasteiger partial charge in [0.05, 0.1) is 0 Å². The van der Waals surface area contributed by atoms with Crippen LogP contribution in [0.2, 0.25) is 5.02 Å². The number of nitrogens with zero attached hydrogens (tertiary/aromatic N) is 1. The second-order valence-corrected chi connectivity index (χ2v) is 3.55. The summed E-state index contributed by atoms with van der Waals surface area (Å²) in [5.74, 6) is 0. The van der Waals surface area contributed by atoms with Gasteiger partial charge in [0, 0.05) is 6.07 Å². The highest BCUT2D eigenvalue weighted by atomic mass is 35.5. The van der Waals surface area contributed by atoms with Crippen molar-refractivity contribution in [2.45, 2.75) is 19.4 Å². The van der Waals surface area contributed by atoms with Crippen LogP contribution in [0.25, 0.3) is 0 Å². The molecule has 1 aromatic heterocycles. The standard InChI is InChI=1S/C8H10ClNO2.ClH/c1-8(2,11)7-4-3-6(9)5-10(7)12;/h3-5,11H,1-2H3;1H. The maximum absolute atomic E-state index is 11.2. The number of pyridine rings is 1. The van der Waals surface area contributed by atoms with Gasteiger partial charge >= 0.3 is 0 Å². The lowest BCUT2D eigenvalue weighted by molar-refractivity contribution is -0.622. The van der Waals surface area contributed by atoms with Gasteiger partial charge in [-0.3, -0.25) is 0 Å². The minimum absolute atomic E-state index is 0. The molecule has 0 amide bonds. The van der Waals surface area contributed by atoms with Gasteiger partial charge in [-0.25, -0.2) is 0 Å². The van der Waals surface area contributed by atoms with Crippen LogP contribution >= 0.6 is 24.0 Å². The topological polar surface area (TPSA) is 47.2 Å². The summed E-state index contributed by atoms with van der Waals surface area (Å²) in [6.07, 6.45) is 1.22. The smallest absolute Gasteiger partial charge is 0.223 e. The van der Waals surface area contributed by atoms with E-state index in [0.717, 1.165) is 0 Å². The third-order valence-corrected chi connectivity index (χ3v) is 1.73. The maximum atomic E-state index is 11.2. The highest BCUT2D eigenvalue weighted by Crippen LogP contribution is 2.16. The van der Waals surface area contributed by atoms with Gasteiger partial charge in [0.1, 0.15) is 10.6 Å². The first-order chi connectivity index (χ1) is 5.41. The van der Waals surface area contributed by atoms with Gasteiger partial charge in [0.2, 0.25) is 5.69 Å². The van der Waals surface area contributed by atoms with Gasteiger partial charge in [-0.1, -0.05) is 11.6 Å². The Kier molecular flexibility index (Phi) is 3.97. The molecule has 0 aromatic carbocycles. The van der Waals surface area contributed by atoms with E-state index in [-0.39, 0.29) is 18.1 Å². The van der Waals surface area contributed by atoms with Crippen LogP contribution in [0.15, 0.2) is 18.3 Å². The first kappa shape index (κ1) is 12.5. The average Bonchev–Trinajstić information content (AvgIpc) is 1.83. The van der Waals surface area contributed by atoms with E-state index in [1.54, 1.807) is 19.9 Å². The first-order valence-corrected chi connectivity index (χ1v) is 3.90. The minimum Gasteiger partial charge on any atom is -0.618 e. The molecular weight excluding hydrogens is 213 g/mol. The molecule has 1 N–H and O–H groups in total. The summed E-state index contributed by atoms with van der Waals surface area (Å²) in [6, 6.07) is 3.08. The molecule has 0 atom stereocenters. The lowest BCUT2D eigenvalue weighted by Gasteiger charge is -2.15. The molecule has 1 aromatic rings. The molecule has 0 aliphatic rings. The summed E-state index contributed by atoms with van der Waals surface area (Å²) in [4.78, 5) is 0. The predicted octanol–water partition coefficient (Wildman–Crippen LogP) is 1.62. The van der Waals surface area contributed by atoms with Crippen LogP contribution in [0.3, 0.4) is 0 Å². The molecular formula is C8H11Cl2NO2. The molecule has 0 bridgehead atoms. The van der Waals surface area contributed by atoms with Crippen molar-refractivity contribution in [2.24, 2.45) is 0 Å². The van der Waals surface area contributed by atoms with Gasteiger partial charge in [0.25, 0.3) is 0 Å². The Hall–Kier alpha value is -0.510. The lowest BCUT2D eigenvalue weighted by Crippen LogP contribution is -2.39. The Morgan fingerprint density at radius 2 is 2.00 bits per heavy atom. The molecule has 1 heterocycles. The quantitative estimate of drug-likeness (QED) is 0.582. The lowest BCUT2D eigenvalue weighted by atomic mass is 10.1. The summed E-state index contributed by atoms with van der Waals surface area (Å²) < 4.78 is 0.572. The molecule has 5 heteroatoms. The monoisotopic (exact) mass is 223 g/mol. The highest BCUT2D eigenvalue weighted by molar-refractivity contribution is 6.30. The SMILES string of the molecule is CC(C)(O)c1ccc(Cl)c[n+]1[O-].Cl. The van der Waals surface area contributed by atoms with Crippen LogP contribution in [0.4, 0.5) is 0 Å². The van der Waals surface area contributed by atoms with Gasteiger partial charge < -0.3 is 10.3 Å². The van der Waals surface area contributed by atoms with E-state index in [9.17, 15) is 10.3 Å². The van der Waals surface area contributed by atoms with E-state index in [1.165, 1.54) is 12.3 Å². The van der Waals surface area contributed by atoms with Crippen molar-refractivity contribution >= 4 is 24.0 Å². The molecule has 3 nitrogen and oxygen atoms in total. The molecule has 0 fully saturated rings. The molecule has 0 unspecified atom stereocenters. The summed E-state index contributed by atoms with van der Waals surface area (Å²) in [7, 11) is 0. The Morgan fingerprint density at radius 3 is 2.38 bits per heavy atom. The molecule has 0 saturated carbocycles. The summed E-state index contributed by atoms with van der Waals surface area (Å²) in [5, 5.41) is 21.0. The van der Waals surface area contributed by atoms with Crippen LogP contribution in [0.1, 0.15) is 19.5 Å². The zero-order valence-corrected chi connectivity index (χ0v) is 8.89. The van der Waals surface area contributed by atoms with Crippen molar-refractivity contribution in [1.29, 1.82) is 0 Å². The van der Waals surface area contributed by atoms with Gasteiger partial charge in [-0.2, -0.15) is 4.73 Å². The highest BCUT2D eigenvalue weighted by Gasteiger charge is 2.24. The Bertz CT molecular complexity index is 297. The zero-order chi connectivity index (χ0) is 9.35. The van der Waals surface area contributed by atoms with Crippen molar-refractivity contribution in [3.05, 3.63) is 34.3 Å². The molecule has 0 aliphatic heterocycles. The van der Waals surface area contributed by atoms with Gasteiger partial charge in [-0.05, 0) is 19.9 Å². The van der Waals surface area contributed by atoms with Crippen molar-refractivity contribution in [1.82, 2.24) is 0 Å². The van der Waals surface area contributed by atoms with E-state index < -0.39 is 5.60 Å². The summed E-state index contributed by atoms with van der Waals surface area (Å²) >= 11 is 5.56. The molecule has 0 radical (unpaired) electrons. The van der Waals surface area contributed by atoms with Gasteiger partial charge in [-0.15, -0.1) is 12.4 Å². The number of hydrogen-bond acceptors (Lipinski definition) is 2. The van der Waals surface area contributed by atoms with E-state index in [2.05, 4.69) is 0 Å². The van der Waals surface area contributed by atoms with Crippen molar-refractivity contribution < 1.29 is 9.84 Å². The van der Waals surface area contributed by atoms with Gasteiger partial charge in [0.15, 0.2) is 6.20 Å². The van der Waals surface area contributed by atoms with E-state index in [4.69, 9.17) is 11.6 Å². The van der Waals surface area contributed by atoms with Crippen LogP contribution in [0, 0.1) is 5.21 Å². The fraction of sp³-hybridized carbons (Fsp3) is 0.375. The minimum atomic E-state index is -1.13. The van der Waals surface area contributed by atoms with E-state index >= 15 is 0 Å². The normalized spacial score (nSPS) is 10.8. The third kappa shape index (κ3) is 3.03. The summed E-state index contributed by atoms with van der Waals surface area (Å²) in [5.41, 5.74) is -0.848.